The Kier molecular flexibility index (Phi) is 7.11. The number of hydrogen-bond donors (Lipinski definition) is 5. The van der Waals surface area contributed by atoms with Crippen molar-refractivity contribution < 1.29 is 19.8 Å². The van der Waals surface area contributed by atoms with Crippen LogP contribution >= 0.6 is 12.4 Å². The van der Waals surface area contributed by atoms with Gasteiger partial charge in [-0.2, -0.15) is 0 Å². The predicted molar refractivity (Wildman–Crippen MR) is 67.2 cm³/mol. The zero-order valence-corrected chi connectivity index (χ0v) is 10.6. The van der Waals surface area contributed by atoms with Gasteiger partial charge in [0.2, 0.25) is 0 Å². The number of guanidine groups is 1. The number of rotatable bonds is 3. The zero-order chi connectivity index (χ0) is 12.8. The molecule has 0 aromatic carbocycles. The largest absolute Gasteiger partial charge is 0.481 e. The van der Waals surface area contributed by atoms with Crippen LogP contribution in [0.3, 0.4) is 0 Å². The first kappa shape index (κ1) is 16.5. The van der Waals surface area contributed by atoms with Gasteiger partial charge in [-0.05, 0) is 31.6 Å². The molecule has 1 rings (SSSR count). The summed E-state index contributed by atoms with van der Waals surface area (Å²) in [4.78, 5) is 20.9. The van der Waals surface area contributed by atoms with Crippen LogP contribution in [0.1, 0.15) is 25.7 Å². The van der Waals surface area contributed by atoms with Gasteiger partial charge in [0.25, 0.3) is 0 Å². The summed E-state index contributed by atoms with van der Waals surface area (Å²) < 4.78 is 0. The van der Waals surface area contributed by atoms with Crippen molar-refractivity contribution in [1.29, 1.82) is 5.41 Å². The Morgan fingerprint density at radius 2 is 1.72 bits per heavy atom. The zero-order valence-electron chi connectivity index (χ0n) is 9.81. The highest BCUT2D eigenvalue weighted by Crippen LogP contribution is 2.28. The Balaban J connectivity index is 0.00000289. The van der Waals surface area contributed by atoms with E-state index in [9.17, 15) is 9.59 Å². The summed E-state index contributed by atoms with van der Waals surface area (Å²) >= 11 is 0. The Bertz CT molecular complexity index is 316. The minimum Gasteiger partial charge on any atom is -0.481 e. The molecule has 0 radical (unpaired) electrons. The third-order valence-electron chi connectivity index (χ3n) is 3.00. The molecule has 0 heterocycles. The molecule has 8 heteroatoms. The number of carboxylic acids is 1. The number of halogens is 1. The van der Waals surface area contributed by atoms with Gasteiger partial charge >= 0.3 is 12.1 Å². The molecule has 0 aliphatic heterocycles. The minimum atomic E-state index is -1.27. The molecular formula is C10H18ClN3O4. The van der Waals surface area contributed by atoms with E-state index in [1.54, 1.807) is 0 Å². The molecule has 1 saturated carbocycles. The average Bonchev–Trinajstić information content (AvgIpc) is 2.26. The van der Waals surface area contributed by atoms with Gasteiger partial charge in [-0.3, -0.25) is 15.5 Å². The molecule has 0 spiro atoms. The smallest absolute Gasteiger partial charge is 0.411 e. The average molecular weight is 280 g/mol. The molecule has 1 aliphatic rings. The number of hydrogen-bond acceptors (Lipinski definition) is 3. The Labute approximate surface area is 111 Å². The van der Waals surface area contributed by atoms with Crippen molar-refractivity contribution >= 4 is 30.4 Å². The first-order chi connectivity index (χ1) is 7.99. The van der Waals surface area contributed by atoms with E-state index >= 15 is 0 Å². The van der Waals surface area contributed by atoms with Crippen LogP contribution in [0.15, 0.2) is 0 Å². The van der Waals surface area contributed by atoms with Crippen molar-refractivity contribution in [2.75, 3.05) is 6.54 Å². The number of aliphatic carboxylic acids is 1. The Hall–Kier alpha value is -1.50. The molecular weight excluding hydrogens is 262 g/mol. The third-order valence-corrected chi connectivity index (χ3v) is 3.00. The van der Waals surface area contributed by atoms with Gasteiger partial charge in [0.1, 0.15) is 0 Å². The van der Waals surface area contributed by atoms with Gasteiger partial charge in [0, 0.05) is 6.54 Å². The van der Waals surface area contributed by atoms with E-state index in [1.807, 2.05) is 5.32 Å². The second-order valence-corrected chi connectivity index (χ2v) is 4.24. The molecule has 0 unspecified atom stereocenters. The van der Waals surface area contributed by atoms with Gasteiger partial charge < -0.3 is 15.5 Å². The van der Waals surface area contributed by atoms with Crippen molar-refractivity contribution in [2.24, 2.45) is 11.8 Å². The maximum atomic E-state index is 10.7. The van der Waals surface area contributed by atoms with Gasteiger partial charge in [-0.15, -0.1) is 12.4 Å². The van der Waals surface area contributed by atoms with Gasteiger partial charge in [0.15, 0.2) is 5.96 Å². The third kappa shape index (κ3) is 5.72. The van der Waals surface area contributed by atoms with Crippen LogP contribution in [0.4, 0.5) is 4.79 Å². The normalized spacial score (nSPS) is 22.4. The Morgan fingerprint density at radius 1 is 1.17 bits per heavy atom. The summed E-state index contributed by atoms with van der Waals surface area (Å²) in [6, 6.07) is 0. The fourth-order valence-electron chi connectivity index (χ4n) is 2.01. The van der Waals surface area contributed by atoms with E-state index in [0.717, 1.165) is 12.8 Å². The maximum absolute atomic E-state index is 10.7. The molecule has 18 heavy (non-hydrogen) atoms. The number of nitrogens with one attached hydrogen (secondary N) is 3. The highest BCUT2D eigenvalue weighted by Gasteiger charge is 2.25. The second-order valence-electron chi connectivity index (χ2n) is 4.24. The van der Waals surface area contributed by atoms with Crippen LogP contribution in [0, 0.1) is 17.2 Å². The van der Waals surface area contributed by atoms with Crippen LogP contribution in [0.2, 0.25) is 0 Å². The second kappa shape index (κ2) is 7.75. The molecule has 0 aromatic rings. The quantitative estimate of drug-likeness (QED) is 0.391. The monoisotopic (exact) mass is 279 g/mol. The van der Waals surface area contributed by atoms with Crippen LogP contribution < -0.4 is 10.6 Å². The molecule has 0 aromatic heterocycles. The first-order valence-corrected chi connectivity index (χ1v) is 5.54. The Morgan fingerprint density at radius 3 is 2.17 bits per heavy atom. The van der Waals surface area contributed by atoms with Gasteiger partial charge in [0.05, 0.1) is 5.92 Å². The molecule has 0 atom stereocenters. The summed E-state index contributed by atoms with van der Waals surface area (Å²) in [5.74, 6) is -0.918. The SMILES string of the molecule is Cl.N=C(NC[C@H]1CC[C@H](C(=O)O)CC1)NC(=O)O. The van der Waals surface area contributed by atoms with Gasteiger partial charge in [-0.1, -0.05) is 0 Å². The summed E-state index contributed by atoms with van der Waals surface area (Å²) in [5, 5.41) is 29.0. The first-order valence-electron chi connectivity index (χ1n) is 5.54. The van der Waals surface area contributed by atoms with Crippen LogP contribution in [-0.2, 0) is 4.79 Å². The van der Waals surface area contributed by atoms with E-state index < -0.39 is 12.1 Å². The molecule has 0 saturated heterocycles. The summed E-state index contributed by atoms with van der Waals surface area (Å²) in [6.07, 6.45) is 1.63. The summed E-state index contributed by atoms with van der Waals surface area (Å²) in [5.41, 5.74) is 0. The standard InChI is InChI=1S/C10H17N3O4.ClH/c11-9(13-10(16)17)12-5-6-1-3-7(4-2-6)8(14)15;/h6-7H,1-5H2,(H,14,15)(H,16,17)(H3,11,12,13);1H/t6-,7-;. The highest BCUT2D eigenvalue weighted by molar-refractivity contribution is 5.91. The number of carbonyl (C=O) groups is 2. The summed E-state index contributed by atoms with van der Waals surface area (Å²) in [7, 11) is 0. The summed E-state index contributed by atoms with van der Waals surface area (Å²) in [6.45, 7) is 0.505. The van der Waals surface area contributed by atoms with Crippen molar-refractivity contribution in [3.63, 3.8) is 0 Å². The van der Waals surface area contributed by atoms with E-state index in [-0.39, 0.29) is 24.3 Å². The van der Waals surface area contributed by atoms with Crippen molar-refractivity contribution in [2.45, 2.75) is 25.7 Å². The fourth-order valence-corrected chi connectivity index (χ4v) is 2.01. The number of amides is 1. The topological polar surface area (TPSA) is 123 Å². The van der Waals surface area contributed by atoms with Crippen molar-refractivity contribution in [3.05, 3.63) is 0 Å². The molecule has 5 N–H and O–H groups in total. The molecule has 7 nitrogen and oxygen atoms in total. The van der Waals surface area contributed by atoms with E-state index in [2.05, 4.69) is 5.32 Å². The lowest BCUT2D eigenvalue weighted by Crippen LogP contribution is -2.42. The predicted octanol–water partition coefficient (Wildman–Crippen LogP) is 1.09. The maximum Gasteiger partial charge on any atom is 0.411 e. The molecule has 104 valence electrons. The van der Waals surface area contributed by atoms with E-state index in [1.165, 1.54) is 0 Å². The van der Waals surface area contributed by atoms with Crippen LogP contribution in [0.5, 0.6) is 0 Å². The molecule has 1 aliphatic carbocycles. The molecule has 1 amide bonds. The number of carboxylic acid groups (broad SMARTS) is 2. The van der Waals surface area contributed by atoms with Crippen molar-refractivity contribution in [3.8, 4) is 0 Å². The molecule has 0 bridgehead atoms. The van der Waals surface area contributed by atoms with E-state index in [4.69, 9.17) is 15.6 Å². The lowest BCUT2D eigenvalue weighted by atomic mass is 9.82. The lowest BCUT2D eigenvalue weighted by Gasteiger charge is -2.26. The van der Waals surface area contributed by atoms with E-state index in [0.29, 0.717) is 25.3 Å². The molecule has 1 fully saturated rings. The van der Waals surface area contributed by atoms with Crippen LogP contribution in [-0.4, -0.2) is 34.8 Å². The van der Waals surface area contributed by atoms with Crippen molar-refractivity contribution in [1.82, 2.24) is 10.6 Å². The highest BCUT2D eigenvalue weighted by atomic mass is 35.5. The lowest BCUT2D eigenvalue weighted by molar-refractivity contribution is -0.143. The fraction of sp³-hybridized carbons (Fsp3) is 0.700. The van der Waals surface area contributed by atoms with Gasteiger partial charge in [-0.25, -0.2) is 4.79 Å². The van der Waals surface area contributed by atoms with Crippen LogP contribution in [0.25, 0.3) is 0 Å². The minimum absolute atomic E-state index is 0.